The van der Waals surface area contributed by atoms with E-state index in [-0.39, 0.29) is 13.3 Å². The first kappa shape index (κ1) is 19.1. The zero-order chi connectivity index (χ0) is 20.4. The third-order valence-corrected chi connectivity index (χ3v) is 5.42. The van der Waals surface area contributed by atoms with Crippen LogP contribution in [0.15, 0.2) is 47.4 Å². The Bertz CT molecular complexity index is 1020. The topological polar surface area (TPSA) is 84.9 Å². The van der Waals surface area contributed by atoms with Crippen LogP contribution in [0.25, 0.3) is 6.08 Å². The number of aryl methyl sites for hydroxylation is 1. The van der Waals surface area contributed by atoms with Crippen molar-refractivity contribution >= 4 is 40.6 Å². The van der Waals surface area contributed by atoms with Crippen LogP contribution in [0.3, 0.4) is 0 Å². The van der Waals surface area contributed by atoms with Crippen molar-refractivity contribution in [2.24, 2.45) is 0 Å². The maximum absolute atomic E-state index is 12.6. The molecular formula is C21H18N2O5S. The number of carbonyl (C=O) groups excluding carboxylic acids is 3. The van der Waals surface area contributed by atoms with Gasteiger partial charge >= 0.3 is 0 Å². The minimum Gasteiger partial charge on any atom is -0.454 e. The number of rotatable bonds is 5. The molecule has 7 nitrogen and oxygen atoms in total. The molecule has 2 aromatic carbocycles. The Morgan fingerprint density at radius 3 is 2.66 bits per heavy atom. The largest absolute Gasteiger partial charge is 0.454 e. The fourth-order valence-corrected chi connectivity index (χ4v) is 3.79. The van der Waals surface area contributed by atoms with Gasteiger partial charge < -0.3 is 14.8 Å². The lowest BCUT2D eigenvalue weighted by Gasteiger charge is -2.12. The number of thioether (sulfide) groups is 1. The first-order valence-corrected chi connectivity index (χ1v) is 9.89. The van der Waals surface area contributed by atoms with Crippen LogP contribution in [-0.2, 0) is 16.0 Å². The summed E-state index contributed by atoms with van der Waals surface area (Å²) in [6, 6.07) is 12.7. The zero-order valence-electron chi connectivity index (χ0n) is 15.6. The average molecular weight is 410 g/mol. The standard InChI is InChI=1S/C21H18N2O5S/c1-2-13-3-5-14(6-4-13)9-18-20(25)23(21(26)29-18)11-19(24)22-15-7-8-16-17(10-15)28-12-27-16/h3-10H,2,11-12H2,1H3,(H,22,24). The lowest BCUT2D eigenvalue weighted by molar-refractivity contribution is -0.127. The smallest absolute Gasteiger partial charge is 0.294 e. The summed E-state index contributed by atoms with van der Waals surface area (Å²) in [5.41, 5.74) is 2.52. The molecule has 0 unspecified atom stereocenters. The van der Waals surface area contributed by atoms with Gasteiger partial charge in [0.2, 0.25) is 12.7 Å². The third-order valence-electron chi connectivity index (χ3n) is 4.52. The number of hydrogen-bond donors (Lipinski definition) is 1. The van der Waals surface area contributed by atoms with Crippen LogP contribution < -0.4 is 14.8 Å². The van der Waals surface area contributed by atoms with Gasteiger partial charge in [0.05, 0.1) is 4.91 Å². The van der Waals surface area contributed by atoms with Gasteiger partial charge in [-0.25, -0.2) is 0 Å². The lowest BCUT2D eigenvalue weighted by Crippen LogP contribution is -2.36. The predicted molar refractivity (Wildman–Crippen MR) is 110 cm³/mol. The third kappa shape index (κ3) is 4.12. The second-order valence-corrected chi connectivity index (χ2v) is 7.47. The van der Waals surface area contributed by atoms with E-state index in [1.54, 1.807) is 24.3 Å². The molecule has 148 valence electrons. The number of fused-ring (bicyclic) bond motifs is 1. The molecule has 0 aliphatic carbocycles. The molecule has 1 fully saturated rings. The number of amides is 3. The molecule has 3 amide bonds. The molecule has 0 spiro atoms. The Morgan fingerprint density at radius 1 is 1.14 bits per heavy atom. The van der Waals surface area contributed by atoms with E-state index in [9.17, 15) is 14.4 Å². The quantitative estimate of drug-likeness (QED) is 0.758. The molecule has 29 heavy (non-hydrogen) atoms. The van der Waals surface area contributed by atoms with E-state index in [1.807, 2.05) is 24.3 Å². The second kappa shape index (κ2) is 8.00. The first-order valence-electron chi connectivity index (χ1n) is 9.07. The van der Waals surface area contributed by atoms with Crippen LogP contribution in [0.5, 0.6) is 11.5 Å². The Balaban J connectivity index is 1.42. The molecule has 0 atom stereocenters. The summed E-state index contributed by atoms with van der Waals surface area (Å²) in [4.78, 5) is 38.4. The predicted octanol–water partition coefficient (Wildman–Crippen LogP) is 3.65. The summed E-state index contributed by atoms with van der Waals surface area (Å²) >= 11 is 0.833. The van der Waals surface area contributed by atoms with Crippen LogP contribution in [0.1, 0.15) is 18.1 Å². The lowest BCUT2D eigenvalue weighted by atomic mass is 10.1. The zero-order valence-corrected chi connectivity index (χ0v) is 16.5. The summed E-state index contributed by atoms with van der Waals surface area (Å²) in [5, 5.41) is 2.20. The number of imide groups is 1. The fourth-order valence-electron chi connectivity index (χ4n) is 2.96. The maximum Gasteiger partial charge on any atom is 0.294 e. The van der Waals surface area contributed by atoms with E-state index in [1.165, 1.54) is 5.56 Å². The Labute approximate surface area is 171 Å². The van der Waals surface area contributed by atoms with Crippen molar-refractivity contribution in [1.29, 1.82) is 0 Å². The van der Waals surface area contributed by atoms with Gasteiger partial charge in [-0.15, -0.1) is 0 Å². The monoisotopic (exact) mass is 410 g/mol. The van der Waals surface area contributed by atoms with E-state index in [2.05, 4.69) is 12.2 Å². The molecule has 4 rings (SSSR count). The molecule has 0 saturated carbocycles. The molecule has 2 aliphatic rings. The summed E-state index contributed by atoms with van der Waals surface area (Å²) in [5.74, 6) is 0.192. The van der Waals surface area contributed by atoms with Crippen molar-refractivity contribution in [3.63, 3.8) is 0 Å². The summed E-state index contributed by atoms with van der Waals surface area (Å²) in [7, 11) is 0. The van der Waals surface area contributed by atoms with E-state index >= 15 is 0 Å². The number of benzene rings is 2. The molecule has 0 radical (unpaired) electrons. The van der Waals surface area contributed by atoms with Gasteiger partial charge in [-0.05, 0) is 47.5 Å². The summed E-state index contributed by atoms with van der Waals surface area (Å²) < 4.78 is 10.5. The number of ether oxygens (including phenoxy) is 2. The highest BCUT2D eigenvalue weighted by molar-refractivity contribution is 8.18. The number of anilines is 1. The van der Waals surface area contributed by atoms with Crippen molar-refractivity contribution in [3.8, 4) is 11.5 Å². The van der Waals surface area contributed by atoms with Crippen molar-refractivity contribution in [2.75, 3.05) is 18.7 Å². The number of nitrogens with zero attached hydrogens (tertiary/aromatic N) is 1. The highest BCUT2D eigenvalue weighted by Gasteiger charge is 2.36. The number of hydrogen-bond acceptors (Lipinski definition) is 6. The van der Waals surface area contributed by atoms with E-state index in [0.29, 0.717) is 22.1 Å². The van der Waals surface area contributed by atoms with E-state index in [4.69, 9.17) is 9.47 Å². The van der Waals surface area contributed by atoms with Gasteiger partial charge in [0.15, 0.2) is 11.5 Å². The first-order chi connectivity index (χ1) is 14.0. The normalized spacial score (nSPS) is 16.6. The number of carbonyl (C=O) groups is 3. The minimum absolute atomic E-state index is 0.136. The highest BCUT2D eigenvalue weighted by atomic mass is 32.2. The number of nitrogens with one attached hydrogen (secondary N) is 1. The molecule has 2 aromatic rings. The van der Waals surface area contributed by atoms with Crippen molar-refractivity contribution < 1.29 is 23.9 Å². The maximum atomic E-state index is 12.6. The SMILES string of the molecule is CCc1ccc(C=C2SC(=O)N(CC(=O)Nc3ccc4c(c3)OCO4)C2=O)cc1. The molecule has 2 aliphatic heterocycles. The van der Waals surface area contributed by atoms with Gasteiger partial charge in [-0.1, -0.05) is 31.2 Å². The molecule has 0 bridgehead atoms. The molecular weight excluding hydrogens is 392 g/mol. The minimum atomic E-state index is -0.472. The van der Waals surface area contributed by atoms with Crippen LogP contribution in [0.2, 0.25) is 0 Å². The molecule has 8 heteroatoms. The van der Waals surface area contributed by atoms with Gasteiger partial charge in [0.1, 0.15) is 6.54 Å². The van der Waals surface area contributed by atoms with Crippen LogP contribution in [0, 0.1) is 0 Å². The molecule has 2 heterocycles. The van der Waals surface area contributed by atoms with E-state index < -0.39 is 17.1 Å². The van der Waals surface area contributed by atoms with Gasteiger partial charge in [0, 0.05) is 11.8 Å². The van der Waals surface area contributed by atoms with Crippen LogP contribution in [0.4, 0.5) is 10.5 Å². The van der Waals surface area contributed by atoms with Gasteiger partial charge in [-0.2, -0.15) is 0 Å². The van der Waals surface area contributed by atoms with Gasteiger partial charge in [0.25, 0.3) is 11.1 Å². The average Bonchev–Trinajstić information content (AvgIpc) is 3.28. The Kier molecular flexibility index (Phi) is 5.26. The van der Waals surface area contributed by atoms with Gasteiger partial charge in [-0.3, -0.25) is 19.3 Å². The second-order valence-electron chi connectivity index (χ2n) is 6.48. The van der Waals surface area contributed by atoms with Crippen LogP contribution >= 0.6 is 11.8 Å². The van der Waals surface area contributed by atoms with E-state index in [0.717, 1.165) is 28.6 Å². The molecule has 0 aromatic heterocycles. The molecule has 1 N–H and O–H groups in total. The summed E-state index contributed by atoms with van der Waals surface area (Å²) in [6.07, 6.45) is 2.59. The Morgan fingerprint density at radius 2 is 1.90 bits per heavy atom. The molecule has 1 saturated heterocycles. The highest BCUT2D eigenvalue weighted by Crippen LogP contribution is 2.35. The summed E-state index contributed by atoms with van der Waals surface area (Å²) in [6.45, 7) is 1.84. The van der Waals surface area contributed by atoms with Crippen LogP contribution in [-0.4, -0.2) is 35.3 Å². The Hall–Kier alpha value is -3.26. The van der Waals surface area contributed by atoms with Crippen molar-refractivity contribution in [2.45, 2.75) is 13.3 Å². The van der Waals surface area contributed by atoms with Crippen molar-refractivity contribution in [1.82, 2.24) is 4.90 Å². The fraction of sp³-hybridized carbons (Fsp3) is 0.190. The van der Waals surface area contributed by atoms with Crippen molar-refractivity contribution in [3.05, 3.63) is 58.5 Å².